The number of carbonyl (C=O) groups excluding carboxylic acids is 2. The number of hydrogen-bond donors (Lipinski definition) is 0. The lowest BCUT2D eigenvalue weighted by Crippen LogP contribution is -2.40. The zero-order valence-corrected chi connectivity index (χ0v) is 12.5. The van der Waals surface area contributed by atoms with E-state index in [-0.39, 0.29) is 6.09 Å². The fraction of sp³-hybridized carbons (Fsp3) is 0.643. The Morgan fingerprint density at radius 1 is 1.45 bits per heavy atom. The van der Waals surface area contributed by atoms with Crippen LogP contribution in [0.4, 0.5) is 4.79 Å². The van der Waals surface area contributed by atoms with Crippen molar-refractivity contribution in [3.05, 3.63) is 17.0 Å². The Morgan fingerprint density at radius 2 is 2.15 bits per heavy atom. The molecule has 0 fully saturated rings. The van der Waals surface area contributed by atoms with Crippen LogP contribution >= 0.6 is 0 Å². The summed E-state index contributed by atoms with van der Waals surface area (Å²) in [5.41, 5.74) is 1.88. The summed E-state index contributed by atoms with van der Waals surface area (Å²) in [7, 11) is 0. The zero-order valence-electron chi connectivity index (χ0n) is 12.5. The van der Waals surface area contributed by atoms with Crippen molar-refractivity contribution in [2.75, 3.05) is 6.54 Å². The van der Waals surface area contributed by atoms with Gasteiger partial charge in [-0.25, -0.2) is 4.79 Å². The first-order chi connectivity index (χ1) is 9.35. The topological polar surface area (TPSA) is 64.4 Å². The highest BCUT2D eigenvalue weighted by Crippen LogP contribution is 2.23. The highest BCUT2D eigenvalue weighted by atomic mass is 16.6. The van der Waals surface area contributed by atoms with E-state index in [0.29, 0.717) is 31.7 Å². The Balaban J connectivity index is 2.20. The number of rotatable bonds is 2. The third-order valence-corrected chi connectivity index (χ3v) is 3.23. The van der Waals surface area contributed by atoms with Gasteiger partial charge in [-0.05, 0) is 34.1 Å². The Hall–Kier alpha value is -1.85. The van der Waals surface area contributed by atoms with Crippen LogP contribution in [-0.4, -0.2) is 39.2 Å². The number of hydrogen-bond acceptors (Lipinski definition) is 4. The summed E-state index contributed by atoms with van der Waals surface area (Å²) in [6.07, 6.45) is 1.11. The van der Waals surface area contributed by atoms with Crippen molar-refractivity contribution in [2.45, 2.75) is 52.8 Å². The van der Waals surface area contributed by atoms with Gasteiger partial charge < -0.3 is 9.64 Å². The lowest BCUT2D eigenvalue weighted by molar-refractivity contribution is 0.0219. The lowest BCUT2D eigenvalue weighted by atomic mass is 10.1. The van der Waals surface area contributed by atoms with Gasteiger partial charge in [-0.3, -0.25) is 9.48 Å². The molecule has 1 aromatic heterocycles. The van der Waals surface area contributed by atoms with Crippen molar-refractivity contribution in [3.8, 4) is 0 Å². The molecule has 6 heteroatoms. The number of nitrogens with zero attached hydrogens (tertiary/aromatic N) is 3. The van der Waals surface area contributed by atoms with E-state index in [1.54, 1.807) is 9.58 Å². The molecular formula is C14H21N3O3. The third kappa shape index (κ3) is 2.84. The quantitative estimate of drug-likeness (QED) is 0.777. The molecule has 0 atom stereocenters. The summed E-state index contributed by atoms with van der Waals surface area (Å²) in [6, 6.07) is 0. The highest BCUT2D eigenvalue weighted by Gasteiger charge is 2.29. The molecule has 2 heterocycles. The molecule has 0 N–H and O–H groups in total. The maximum atomic E-state index is 12.1. The average Bonchev–Trinajstić information content (AvgIpc) is 2.73. The number of carbonyl (C=O) groups is 2. The zero-order chi connectivity index (χ0) is 14.9. The molecule has 0 saturated carbocycles. The van der Waals surface area contributed by atoms with Gasteiger partial charge in [-0.1, -0.05) is 0 Å². The monoisotopic (exact) mass is 279 g/mol. The predicted octanol–water partition coefficient (Wildman–Crippen LogP) is 2.01. The van der Waals surface area contributed by atoms with E-state index < -0.39 is 5.60 Å². The summed E-state index contributed by atoms with van der Waals surface area (Å²) >= 11 is 0. The standard InChI is InChI=1S/C14H21N3O3/c1-5-17-12-8-16(13(19)20-14(2,3)4)7-6-10(12)11(9-18)15-17/h9H,5-8H2,1-4H3. The first-order valence-electron chi connectivity index (χ1n) is 6.87. The van der Waals surface area contributed by atoms with Crippen molar-refractivity contribution in [1.29, 1.82) is 0 Å². The SMILES string of the molecule is CCn1nc(C=O)c2c1CN(C(=O)OC(C)(C)C)CC2. The number of aryl methyl sites for hydroxylation is 1. The molecule has 110 valence electrons. The van der Waals surface area contributed by atoms with Crippen molar-refractivity contribution >= 4 is 12.4 Å². The number of fused-ring (bicyclic) bond motifs is 1. The van der Waals surface area contributed by atoms with E-state index in [0.717, 1.165) is 17.5 Å². The van der Waals surface area contributed by atoms with Crippen molar-refractivity contribution in [2.24, 2.45) is 0 Å². The molecule has 0 spiro atoms. The van der Waals surface area contributed by atoms with Crippen LogP contribution in [0.15, 0.2) is 0 Å². The summed E-state index contributed by atoms with van der Waals surface area (Å²) in [5.74, 6) is 0. The van der Waals surface area contributed by atoms with Crippen molar-refractivity contribution < 1.29 is 14.3 Å². The highest BCUT2D eigenvalue weighted by molar-refractivity contribution is 5.75. The van der Waals surface area contributed by atoms with Crippen LogP contribution in [0.5, 0.6) is 0 Å². The molecule has 0 unspecified atom stereocenters. The number of ether oxygens (including phenoxy) is 1. The lowest BCUT2D eigenvalue weighted by Gasteiger charge is -2.30. The Morgan fingerprint density at radius 3 is 2.70 bits per heavy atom. The molecule has 0 aromatic carbocycles. The molecule has 0 saturated heterocycles. The fourth-order valence-electron chi connectivity index (χ4n) is 2.35. The number of aldehydes is 1. The minimum absolute atomic E-state index is 0.320. The van der Waals surface area contributed by atoms with Crippen molar-refractivity contribution in [1.82, 2.24) is 14.7 Å². The van der Waals surface area contributed by atoms with E-state index >= 15 is 0 Å². The maximum absolute atomic E-state index is 12.1. The second-order valence-electron chi connectivity index (χ2n) is 5.90. The van der Waals surface area contributed by atoms with Gasteiger partial charge in [0.15, 0.2) is 6.29 Å². The summed E-state index contributed by atoms with van der Waals surface area (Å²) in [6.45, 7) is 9.19. The molecule has 1 amide bonds. The molecule has 1 aliphatic heterocycles. The second-order valence-corrected chi connectivity index (χ2v) is 5.90. The van der Waals surface area contributed by atoms with E-state index in [1.807, 2.05) is 27.7 Å². The molecule has 1 aromatic rings. The summed E-state index contributed by atoms with van der Waals surface area (Å²) in [5, 5.41) is 4.27. The first kappa shape index (κ1) is 14.6. The minimum atomic E-state index is -0.504. The molecule has 0 radical (unpaired) electrons. The van der Waals surface area contributed by atoms with Crippen LogP contribution in [0, 0.1) is 0 Å². The van der Waals surface area contributed by atoms with Gasteiger partial charge in [0, 0.05) is 18.7 Å². The minimum Gasteiger partial charge on any atom is -0.444 e. The molecule has 1 aliphatic rings. The van der Waals surface area contributed by atoms with Crippen LogP contribution in [0.2, 0.25) is 0 Å². The molecule has 0 aliphatic carbocycles. The van der Waals surface area contributed by atoms with Crippen LogP contribution in [0.1, 0.15) is 49.4 Å². The number of amides is 1. The fourth-order valence-corrected chi connectivity index (χ4v) is 2.35. The maximum Gasteiger partial charge on any atom is 0.410 e. The van der Waals surface area contributed by atoms with Crippen molar-refractivity contribution in [3.63, 3.8) is 0 Å². The number of aromatic nitrogens is 2. The van der Waals surface area contributed by atoms with Gasteiger partial charge in [-0.2, -0.15) is 5.10 Å². The van der Waals surface area contributed by atoms with Gasteiger partial charge in [-0.15, -0.1) is 0 Å². The predicted molar refractivity (Wildman–Crippen MR) is 73.6 cm³/mol. The molecule has 2 rings (SSSR count). The van der Waals surface area contributed by atoms with E-state index in [2.05, 4.69) is 5.10 Å². The second kappa shape index (κ2) is 5.26. The normalized spacial score (nSPS) is 14.9. The molecule has 6 nitrogen and oxygen atoms in total. The van der Waals surface area contributed by atoms with E-state index in [1.165, 1.54) is 0 Å². The van der Waals surface area contributed by atoms with E-state index in [4.69, 9.17) is 4.74 Å². The van der Waals surface area contributed by atoms with Gasteiger partial charge in [0.2, 0.25) is 0 Å². The third-order valence-electron chi connectivity index (χ3n) is 3.23. The van der Waals surface area contributed by atoms with Gasteiger partial charge in [0.25, 0.3) is 0 Å². The van der Waals surface area contributed by atoms with Crippen LogP contribution in [-0.2, 0) is 24.2 Å². The van der Waals surface area contributed by atoms with Crippen LogP contribution < -0.4 is 0 Å². The molecular weight excluding hydrogens is 258 g/mol. The Bertz CT molecular complexity index is 529. The Labute approximate surface area is 118 Å². The largest absolute Gasteiger partial charge is 0.444 e. The van der Waals surface area contributed by atoms with Gasteiger partial charge in [0.05, 0.1) is 12.2 Å². The molecule has 20 heavy (non-hydrogen) atoms. The average molecular weight is 279 g/mol. The Kier molecular flexibility index (Phi) is 3.83. The molecule has 0 bridgehead atoms. The summed E-state index contributed by atoms with van der Waals surface area (Å²) < 4.78 is 7.17. The van der Waals surface area contributed by atoms with Crippen LogP contribution in [0.25, 0.3) is 0 Å². The van der Waals surface area contributed by atoms with Gasteiger partial charge >= 0.3 is 6.09 Å². The summed E-state index contributed by atoms with van der Waals surface area (Å²) in [4.78, 5) is 24.8. The van der Waals surface area contributed by atoms with Crippen LogP contribution in [0.3, 0.4) is 0 Å². The van der Waals surface area contributed by atoms with E-state index in [9.17, 15) is 9.59 Å². The smallest absolute Gasteiger partial charge is 0.410 e. The van der Waals surface area contributed by atoms with Gasteiger partial charge in [0.1, 0.15) is 11.3 Å². The first-order valence-corrected chi connectivity index (χ1v) is 6.87.